The lowest BCUT2D eigenvalue weighted by Crippen LogP contribution is -2.47. The number of piperidine rings is 1. The molecule has 0 unspecified atom stereocenters. The molecular formula is C24H35ClN4O2. The number of carbonyl (C=O) groups excluding carboxylic acids is 2. The number of halogens is 1. The Kier molecular flexibility index (Phi) is 7.19. The summed E-state index contributed by atoms with van der Waals surface area (Å²) in [7, 11) is 2.15. The van der Waals surface area contributed by atoms with E-state index in [2.05, 4.69) is 22.2 Å². The zero-order valence-electron chi connectivity index (χ0n) is 18.6. The SMILES string of the molecule is CN1CCN(CCC(=O)N2CCC[C@@H](CNC(=O)C3(c4ccc(Cl)cc4)CC3)C2)CC1. The van der Waals surface area contributed by atoms with E-state index in [4.69, 9.17) is 11.6 Å². The molecule has 7 heteroatoms. The predicted octanol–water partition coefficient (Wildman–Crippen LogP) is 2.36. The third-order valence-electron chi connectivity index (χ3n) is 7.24. The summed E-state index contributed by atoms with van der Waals surface area (Å²) < 4.78 is 0. The first-order valence-corrected chi connectivity index (χ1v) is 12.1. The van der Waals surface area contributed by atoms with Gasteiger partial charge in [-0.25, -0.2) is 0 Å². The van der Waals surface area contributed by atoms with Crippen molar-refractivity contribution < 1.29 is 9.59 Å². The van der Waals surface area contributed by atoms with E-state index in [0.717, 1.165) is 77.1 Å². The number of carbonyl (C=O) groups is 2. The van der Waals surface area contributed by atoms with Crippen molar-refractivity contribution in [2.75, 3.05) is 59.4 Å². The van der Waals surface area contributed by atoms with Crippen LogP contribution in [-0.4, -0.2) is 85.9 Å². The number of likely N-dealkylation sites (N-methyl/N-ethyl adjacent to an activating group) is 1. The lowest BCUT2D eigenvalue weighted by molar-refractivity contribution is -0.133. The second kappa shape index (κ2) is 9.88. The third-order valence-corrected chi connectivity index (χ3v) is 7.49. The average molecular weight is 447 g/mol. The molecule has 31 heavy (non-hydrogen) atoms. The maximum absolute atomic E-state index is 12.9. The Labute approximate surface area is 190 Å². The van der Waals surface area contributed by atoms with Crippen molar-refractivity contribution in [3.8, 4) is 0 Å². The molecule has 3 aliphatic rings. The van der Waals surface area contributed by atoms with Crippen molar-refractivity contribution in [1.29, 1.82) is 0 Å². The van der Waals surface area contributed by atoms with Crippen LogP contribution in [0.25, 0.3) is 0 Å². The monoisotopic (exact) mass is 446 g/mol. The Morgan fingerprint density at radius 1 is 1.10 bits per heavy atom. The first-order valence-electron chi connectivity index (χ1n) is 11.7. The summed E-state index contributed by atoms with van der Waals surface area (Å²) in [5, 5.41) is 3.89. The van der Waals surface area contributed by atoms with E-state index in [0.29, 0.717) is 23.9 Å². The Morgan fingerprint density at radius 3 is 2.48 bits per heavy atom. The van der Waals surface area contributed by atoms with Crippen molar-refractivity contribution in [3.63, 3.8) is 0 Å². The fourth-order valence-corrected chi connectivity index (χ4v) is 5.01. The number of amides is 2. The van der Waals surface area contributed by atoms with Crippen LogP contribution >= 0.6 is 11.6 Å². The van der Waals surface area contributed by atoms with Gasteiger partial charge in [-0.3, -0.25) is 9.59 Å². The van der Waals surface area contributed by atoms with Crippen molar-refractivity contribution in [1.82, 2.24) is 20.0 Å². The molecule has 0 aromatic heterocycles. The Morgan fingerprint density at radius 2 is 1.81 bits per heavy atom. The van der Waals surface area contributed by atoms with E-state index in [-0.39, 0.29) is 17.2 Å². The van der Waals surface area contributed by atoms with Crippen molar-refractivity contribution in [3.05, 3.63) is 34.9 Å². The van der Waals surface area contributed by atoms with E-state index >= 15 is 0 Å². The molecular weight excluding hydrogens is 412 g/mol. The maximum atomic E-state index is 12.9. The molecule has 2 amide bonds. The van der Waals surface area contributed by atoms with Crippen LogP contribution in [0.2, 0.25) is 5.02 Å². The topological polar surface area (TPSA) is 55.9 Å². The molecule has 4 rings (SSSR count). The average Bonchev–Trinajstić information content (AvgIpc) is 3.60. The minimum atomic E-state index is -0.378. The first-order chi connectivity index (χ1) is 15.0. The van der Waals surface area contributed by atoms with Gasteiger partial charge in [0, 0.05) is 63.8 Å². The van der Waals surface area contributed by atoms with Gasteiger partial charge < -0.3 is 20.0 Å². The van der Waals surface area contributed by atoms with E-state index in [1.165, 1.54) is 0 Å². The standard InChI is InChI=1S/C24H35ClN4O2/c1-27-13-15-28(16-14-27)12-8-22(30)29-11-2-3-19(18-29)17-26-23(31)24(9-10-24)20-4-6-21(25)7-5-20/h4-7,19H,2-3,8-18H2,1H3,(H,26,31)/t19-/m0/s1. The molecule has 0 spiro atoms. The van der Waals surface area contributed by atoms with Gasteiger partial charge in [0.1, 0.15) is 0 Å². The number of hydrogen-bond acceptors (Lipinski definition) is 4. The predicted molar refractivity (Wildman–Crippen MR) is 123 cm³/mol. The Hall–Kier alpha value is -1.63. The molecule has 2 saturated heterocycles. The second-order valence-corrected chi connectivity index (χ2v) is 9.98. The quantitative estimate of drug-likeness (QED) is 0.698. The normalized spacial score (nSPS) is 24.1. The van der Waals surface area contributed by atoms with Gasteiger partial charge in [-0.05, 0) is 56.3 Å². The van der Waals surface area contributed by atoms with Crippen LogP contribution in [-0.2, 0) is 15.0 Å². The highest BCUT2D eigenvalue weighted by Crippen LogP contribution is 2.48. The van der Waals surface area contributed by atoms with Crippen LogP contribution in [0.15, 0.2) is 24.3 Å². The molecule has 2 heterocycles. The van der Waals surface area contributed by atoms with Crippen molar-refractivity contribution >= 4 is 23.4 Å². The molecule has 1 aliphatic carbocycles. The van der Waals surface area contributed by atoms with E-state index < -0.39 is 0 Å². The molecule has 1 aromatic rings. The summed E-state index contributed by atoms with van der Waals surface area (Å²) in [6.45, 7) is 7.37. The summed E-state index contributed by atoms with van der Waals surface area (Å²) in [5.74, 6) is 0.717. The Bertz CT molecular complexity index is 772. The zero-order chi connectivity index (χ0) is 21.8. The molecule has 0 bridgehead atoms. The van der Waals surface area contributed by atoms with E-state index in [1.54, 1.807) is 0 Å². The van der Waals surface area contributed by atoms with Gasteiger partial charge in [-0.1, -0.05) is 23.7 Å². The molecule has 6 nitrogen and oxygen atoms in total. The molecule has 1 atom stereocenters. The summed E-state index contributed by atoms with van der Waals surface area (Å²) in [6, 6.07) is 7.65. The fraction of sp³-hybridized carbons (Fsp3) is 0.667. The van der Waals surface area contributed by atoms with Crippen molar-refractivity contribution in [2.24, 2.45) is 5.92 Å². The van der Waals surface area contributed by atoms with Gasteiger partial charge in [-0.2, -0.15) is 0 Å². The van der Waals surface area contributed by atoms with Gasteiger partial charge in [0.05, 0.1) is 5.41 Å². The summed E-state index contributed by atoms with van der Waals surface area (Å²) in [6.07, 6.45) is 4.46. The third kappa shape index (κ3) is 5.60. The number of likely N-dealkylation sites (tertiary alicyclic amines) is 1. The minimum absolute atomic E-state index is 0.119. The summed E-state index contributed by atoms with van der Waals surface area (Å²) in [5.41, 5.74) is 0.677. The molecule has 1 saturated carbocycles. The lowest BCUT2D eigenvalue weighted by atomic mass is 9.93. The van der Waals surface area contributed by atoms with Crippen molar-refractivity contribution in [2.45, 2.75) is 37.5 Å². The second-order valence-electron chi connectivity index (χ2n) is 9.54. The van der Waals surface area contributed by atoms with Gasteiger partial charge in [-0.15, -0.1) is 0 Å². The molecule has 3 fully saturated rings. The minimum Gasteiger partial charge on any atom is -0.355 e. The number of rotatable bonds is 7. The van der Waals surface area contributed by atoms with E-state index in [1.807, 2.05) is 29.2 Å². The van der Waals surface area contributed by atoms with Crippen LogP contribution < -0.4 is 5.32 Å². The summed E-state index contributed by atoms with van der Waals surface area (Å²) >= 11 is 6.00. The number of nitrogens with one attached hydrogen (secondary N) is 1. The highest BCUT2D eigenvalue weighted by atomic mass is 35.5. The zero-order valence-corrected chi connectivity index (χ0v) is 19.4. The van der Waals surface area contributed by atoms with Gasteiger partial charge in [0.2, 0.25) is 11.8 Å². The molecule has 170 valence electrons. The summed E-state index contributed by atoms with van der Waals surface area (Å²) in [4.78, 5) is 32.4. The smallest absolute Gasteiger partial charge is 0.230 e. The van der Waals surface area contributed by atoms with Crippen LogP contribution in [0, 0.1) is 5.92 Å². The maximum Gasteiger partial charge on any atom is 0.230 e. The number of benzene rings is 1. The number of piperazine rings is 1. The van der Waals surface area contributed by atoms with Crippen LogP contribution in [0.1, 0.15) is 37.7 Å². The molecule has 2 aliphatic heterocycles. The first kappa shape index (κ1) is 22.6. The lowest BCUT2D eigenvalue weighted by Gasteiger charge is -2.35. The van der Waals surface area contributed by atoms with E-state index in [9.17, 15) is 9.59 Å². The molecule has 0 radical (unpaired) electrons. The fourth-order valence-electron chi connectivity index (χ4n) is 4.89. The molecule has 1 aromatic carbocycles. The van der Waals surface area contributed by atoms with Crippen LogP contribution in [0.5, 0.6) is 0 Å². The number of hydrogen-bond donors (Lipinski definition) is 1. The highest BCUT2D eigenvalue weighted by molar-refractivity contribution is 6.30. The largest absolute Gasteiger partial charge is 0.355 e. The van der Waals surface area contributed by atoms with Gasteiger partial charge in [0.15, 0.2) is 0 Å². The van der Waals surface area contributed by atoms with Gasteiger partial charge >= 0.3 is 0 Å². The Balaban J connectivity index is 1.22. The highest BCUT2D eigenvalue weighted by Gasteiger charge is 2.51. The van der Waals surface area contributed by atoms with Gasteiger partial charge in [0.25, 0.3) is 0 Å². The van der Waals surface area contributed by atoms with Crippen LogP contribution in [0.3, 0.4) is 0 Å². The van der Waals surface area contributed by atoms with Crippen LogP contribution in [0.4, 0.5) is 0 Å². The molecule has 1 N–H and O–H groups in total. The number of nitrogens with zero attached hydrogens (tertiary/aromatic N) is 3.